The van der Waals surface area contributed by atoms with Crippen LogP contribution in [0, 0.1) is 69.2 Å². The molecule has 13 aromatic carbocycles. The van der Waals surface area contributed by atoms with E-state index in [-0.39, 0.29) is 13.4 Å². The summed E-state index contributed by atoms with van der Waals surface area (Å²) >= 11 is 0. The quantitative estimate of drug-likeness (QED) is 0.153. The Hall–Kier alpha value is -11.6. The summed E-state index contributed by atoms with van der Waals surface area (Å²) in [6.07, 6.45) is 0. The Labute approximate surface area is 574 Å². The number of ether oxygens (including phenoxy) is 2. The number of hydrogen-bond donors (Lipinski definition) is 0. The summed E-state index contributed by atoms with van der Waals surface area (Å²) in [5.74, 6) is 3.23. The smallest absolute Gasteiger partial charge is 0.252 e. The minimum absolute atomic E-state index is 0.203. The Morgan fingerprint density at radius 2 is 0.439 bits per heavy atom. The number of para-hydroxylation sites is 8. The van der Waals surface area contributed by atoms with E-state index in [1.54, 1.807) is 0 Å². The molecule has 0 saturated heterocycles. The van der Waals surface area contributed by atoms with Crippen LogP contribution in [-0.2, 0) is 0 Å². The van der Waals surface area contributed by atoms with Crippen LogP contribution in [-0.4, -0.2) is 13.4 Å². The van der Waals surface area contributed by atoms with Crippen LogP contribution in [0.1, 0.15) is 55.6 Å². The van der Waals surface area contributed by atoms with E-state index in [4.69, 9.17) is 9.47 Å². The lowest BCUT2D eigenvalue weighted by Crippen LogP contribution is -2.65. The lowest BCUT2D eigenvalue weighted by molar-refractivity contribution is 0.477. The summed E-state index contributed by atoms with van der Waals surface area (Å²) in [6.45, 7) is 22.0. The molecule has 6 aliphatic heterocycles. The number of aryl methyl sites for hydroxylation is 10. The molecule has 0 fully saturated rings. The van der Waals surface area contributed by atoms with Crippen molar-refractivity contribution in [1.82, 2.24) is 0 Å². The van der Waals surface area contributed by atoms with Gasteiger partial charge in [-0.2, -0.15) is 0 Å². The monoisotopic (exact) mass is 1260 g/mol. The third-order valence-electron chi connectivity index (χ3n) is 20.8. The number of anilines is 18. The molecule has 0 spiro atoms. The molecular weight excluding hydrogens is 1190 g/mol. The lowest BCUT2D eigenvalue weighted by Gasteiger charge is -2.48. The SMILES string of the molecule is Cc1cc(C)cc(N2c3cc(C)ccc3B3c4cc5c(cc4N(c4cc(C)cc(C)c4)c4cc(N6c7ccccc7Oc7ccccc76)cc2c43)N(c2cc(C)cc(C)c2)c2cc(N3c4ccccc4Oc4ccccc43)cc3c2B5c2ccc(C)cc2N3c2cc(C)cc(C)c2)c1. The van der Waals surface area contributed by atoms with Crippen LogP contribution < -0.4 is 71.7 Å². The summed E-state index contributed by atoms with van der Waals surface area (Å²) in [5, 5.41) is 0. The van der Waals surface area contributed by atoms with E-state index in [0.717, 1.165) is 114 Å². The fraction of sp³-hybridized carbons (Fsp3) is 0.114. The number of rotatable bonds is 6. The summed E-state index contributed by atoms with van der Waals surface area (Å²) < 4.78 is 13.6. The minimum Gasteiger partial charge on any atom is -0.453 e. The molecule has 6 aliphatic rings. The van der Waals surface area contributed by atoms with Gasteiger partial charge in [-0.05, 0) is 297 Å². The molecular formula is C88H70B2N6O2. The average molecular weight is 1270 g/mol. The molecule has 0 radical (unpaired) electrons. The van der Waals surface area contributed by atoms with Crippen LogP contribution in [0.15, 0.2) is 243 Å². The van der Waals surface area contributed by atoms with E-state index in [0.29, 0.717) is 0 Å². The maximum absolute atomic E-state index is 6.80. The van der Waals surface area contributed by atoms with Crippen molar-refractivity contribution in [2.45, 2.75) is 69.2 Å². The molecule has 0 unspecified atom stereocenters. The van der Waals surface area contributed by atoms with Crippen molar-refractivity contribution in [3.8, 4) is 23.0 Å². The van der Waals surface area contributed by atoms with Gasteiger partial charge < -0.3 is 38.9 Å². The average Bonchev–Trinajstić information content (AvgIpc) is 0.683. The van der Waals surface area contributed by atoms with Gasteiger partial charge in [-0.1, -0.05) is 103 Å². The summed E-state index contributed by atoms with van der Waals surface area (Å²) in [5.41, 5.74) is 39.1. The second-order valence-corrected chi connectivity index (χ2v) is 28.2. The molecule has 0 aliphatic carbocycles. The first-order chi connectivity index (χ1) is 47.6. The van der Waals surface area contributed by atoms with Gasteiger partial charge in [-0.25, -0.2) is 0 Å². The van der Waals surface area contributed by atoms with Crippen molar-refractivity contribution in [1.29, 1.82) is 0 Å². The van der Waals surface area contributed by atoms with Crippen LogP contribution in [0.5, 0.6) is 23.0 Å². The highest BCUT2D eigenvalue weighted by Crippen LogP contribution is 2.57. The maximum Gasteiger partial charge on any atom is 0.252 e. The molecule has 0 N–H and O–H groups in total. The maximum atomic E-state index is 6.80. The van der Waals surface area contributed by atoms with Crippen molar-refractivity contribution in [3.63, 3.8) is 0 Å². The minimum atomic E-state index is -0.203. The Balaban J connectivity index is 0.963. The standard InChI is InChI=1S/C88H70B2N6O2/c1-51-27-29-67-75(43-51)93(61-35-53(3)31-54(4)36-61)79-45-65(91-71-19-11-15-23-83(71)97-84-24-16-12-20-72(84)91)47-81-87(79)89(67)69-49-70-78(50-77(69)95(81)63-39-57(7)33-58(8)40-63)96(64-41-59(9)34-60(10)42-64)82-48-66(92-73-21-13-17-25-85(73)98-86-26-18-14-22-74(86)92)46-80-88(82)90(70)68-30-28-52(2)44-76(68)94(80)62-37-55(5)32-56(6)38-62/h11-50H,1-10H3. The Morgan fingerprint density at radius 3 is 0.724 bits per heavy atom. The van der Waals surface area contributed by atoms with E-state index in [1.165, 1.54) is 99.8 Å². The molecule has 0 amide bonds. The van der Waals surface area contributed by atoms with Gasteiger partial charge in [0.15, 0.2) is 23.0 Å². The third-order valence-corrected chi connectivity index (χ3v) is 20.8. The molecule has 19 rings (SSSR count). The molecule has 0 aromatic heterocycles. The summed E-state index contributed by atoms with van der Waals surface area (Å²) in [7, 11) is 0. The molecule has 470 valence electrons. The normalized spacial score (nSPS) is 13.8. The van der Waals surface area contributed by atoms with Gasteiger partial charge in [0.25, 0.3) is 13.4 Å². The van der Waals surface area contributed by atoms with Crippen molar-refractivity contribution in [2.24, 2.45) is 0 Å². The zero-order chi connectivity index (χ0) is 66.3. The van der Waals surface area contributed by atoms with Crippen molar-refractivity contribution in [3.05, 3.63) is 298 Å². The number of benzene rings is 13. The second kappa shape index (κ2) is 21.4. The number of nitrogens with zero attached hydrogens (tertiary/aromatic N) is 6. The van der Waals surface area contributed by atoms with E-state index < -0.39 is 0 Å². The van der Waals surface area contributed by atoms with Gasteiger partial charge >= 0.3 is 0 Å². The Bertz CT molecular complexity index is 5130. The van der Waals surface area contributed by atoms with Crippen LogP contribution in [0.3, 0.4) is 0 Å². The van der Waals surface area contributed by atoms with Crippen molar-refractivity contribution >= 4 is 149 Å². The fourth-order valence-corrected chi connectivity index (χ4v) is 17.3. The molecule has 6 heterocycles. The van der Waals surface area contributed by atoms with Gasteiger partial charge in [-0.3, -0.25) is 0 Å². The zero-order valence-electron chi connectivity index (χ0n) is 56.7. The summed E-state index contributed by atoms with van der Waals surface area (Å²) in [4.78, 5) is 15.3. The Morgan fingerprint density at radius 1 is 0.194 bits per heavy atom. The van der Waals surface area contributed by atoms with Gasteiger partial charge in [0.1, 0.15) is 0 Å². The zero-order valence-corrected chi connectivity index (χ0v) is 56.7. The van der Waals surface area contributed by atoms with Crippen LogP contribution in [0.4, 0.5) is 102 Å². The van der Waals surface area contributed by atoms with Gasteiger partial charge in [0, 0.05) is 68.2 Å². The first-order valence-corrected chi connectivity index (χ1v) is 34.3. The predicted molar refractivity (Wildman–Crippen MR) is 411 cm³/mol. The fourth-order valence-electron chi connectivity index (χ4n) is 17.3. The highest BCUT2D eigenvalue weighted by atomic mass is 16.5. The van der Waals surface area contributed by atoms with E-state index in [1.807, 2.05) is 0 Å². The van der Waals surface area contributed by atoms with E-state index in [9.17, 15) is 0 Å². The predicted octanol–water partition coefficient (Wildman–Crippen LogP) is 20.1. The highest BCUT2D eigenvalue weighted by Gasteiger charge is 2.50. The van der Waals surface area contributed by atoms with E-state index >= 15 is 0 Å². The van der Waals surface area contributed by atoms with Crippen LogP contribution >= 0.6 is 0 Å². The molecule has 0 saturated carbocycles. The van der Waals surface area contributed by atoms with Crippen LogP contribution in [0.25, 0.3) is 0 Å². The number of hydrogen-bond acceptors (Lipinski definition) is 8. The Kier molecular flexibility index (Phi) is 12.6. The molecule has 8 nitrogen and oxygen atoms in total. The topological polar surface area (TPSA) is 37.9 Å². The molecule has 0 bridgehead atoms. The number of fused-ring (bicyclic) bond motifs is 12. The summed E-state index contributed by atoms with van der Waals surface area (Å²) in [6, 6.07) is 91.8. The molecule has 98 heavy (non-hydrogen) atoms. The third kappa shape index (κ3) is 8.79. The van der Waals surface area contributed by atoms with Gasteiger partial charge in [-0.15, -0.1) is 0 Å². The van der Waals surface area contributed by atoms with Gasteiger partial charge in [0.2, 0.25) is 0 Å². The molecule has 13 aromatic rings. The first kappa shape index (κ1) is 57.8. The molecule has 0 atom stereocenters. The largest absolute Gasteiger partial charge is 0.453 e. The van der Waals surface area contributed by atoms with Gasteiger partial charge in [0.05, 0.1) is 34.1 Å². The lowest BCUT2D eigenvalue weighted by atomic mass is 9.30. The van der Waals surface area contributed by atoms with E-state index in [2.05, 4.69) is 341 Å². The van der Waals surface area contributed by atoms with Crippen molar-refractivity contribution in [2.75, 3.05) is 29.4 Å². The highest BCUT2D eigenvalue weighted by molar-refractivity contribution is 7.03. The van der Waals surface area contributed by atoms with Crippen LogP contribution in [0.2, 0.25) is 0 Å². The second-order valence-electron chi connectivity index (χ2n) is 28.2. The first-order valence-electron chi connectivity index (χ1n) is 34.3. The van der Waals surface area contributed by atoms with Crippen molar-refractivity contribution < 1.29 is 9.47 Å². The molecule has 10 heteroatoms.